The van der Waals surface area contributed by atoms with Crippen LogP contribution in [0.4, 0.5) is 0 Å². The Kier molecular flexibility index (Phi) is 5.13. The monoisotopic (exact) mass is 358 g/mol. The van der Waals surface area contributed by atoms with E-state index in [4.69, 9.17) is 4.74 Å². The van der Waals surface area contributed by atoms with Gasteiger partial charge in [-0.25, -0.2) is 12.7 Å². The second kappa shape index (κ2) is 6.80. The van der Waals surface area contributed by atoms with Crippen LogP contribution in [0.15, 0.2) is 16.8 Å². The molecule has 7 heteroatoms. The lowest BCUT2D eigenvalue weighted by Crippen LogP contribution is -2.45. The zero-order valence-corrected chi connectivity index (χ0v) is 15.5. The maximum absolute atomic E-state index is 12.0. The maximum atomic E-state index is 12.0. The van der Waals surface area contributed by atoms with Gasteiger partial charge in [0.05, 0.1) is 12.9 Å². The van der Waals surface area contributed by atoms with Crippen LogP contribution >= 0.6 is 11.3 Å². The van der Waals surface area contributed by atoms with Gasteiger partial charge in [0.25, 0.3) is 0 Å². The lowest BCUT2D eigenvalue weighted by atomic mass is 9.71. The summed E-state index contributed by atoms with van der Waals surface area (Å²) in [6.45, 7) is 4.99. The first-order valence-electron chi connectivity index (χ1n) is 8.10. The van der Waals surface area contributed by atoms with Gasteiger partial charge in [0.1, 0.15) is 0 Å². The average Bonchev–Trinajstić information content (AvgIpc) is 3.11. The molecule has 0 aromatic carbocycles. The van der Waals surface area contributed by atoms with E-state index in [2.05, 4.69) is 21.7 Å². The third kappa shape index (κ3) is 3.79. The third-order valence-corrected chi connectivity index (χ3v) is 7.40. The summed E-state index contributed by atoms with van der Waals surface area (Å²) in [5.41, 5.74) is 1.47. The van der Waals surface area contributed by atoms with Crippen molar-refractivity contribution in [2.24, 2.45) is 11.3 Å². The van der Waals surface area contributed by atoms with E-state index in [9.17, 15) is 8.42 Å². The van der Waals surface area contributed by atoms with Gasteiger partial charge in [-0.15, -0.1) is 0 Å². The minimum atomic E-state index is -3.12. The van der Waals surface area contributed by atoms with Crippen LogP contribution in [-0.4, -0.2) is 63.8 Å². The largest absolute Gasteiger partial charge is 0.384 e. The molecule has 1 spiro atoms. The Morgan fingerprint density at radius 3 is 2.70 bits per heavy atom. The smallest absolute Gasteiger partial charge is 0.211 e. The van der Waals surface area contributed by atoms with E-state index in [1.54, 1.807) is 22.8 Å². The Morgan fingerprint density at radius 1 is 1.39 bits per heavy atom. The summed E-state index contributed by atoms with van der Waals surface area (Å²) in [7, 11) is -1.41. The molecule has 0 radical (unpaired) electrons. The van der Waals surface area contributed by atoms with Crippen LogP contribution in [0.2, 0.25) is 0 Å². The zero-order chi connectivity index (χ0) is 16.5. The van der Waals surface area contributed by atoms with E-state index < -0.39 is 10.0 Å². The highest BCUT2D eigenvalue weighted by atomic mass is 32.2. The minimum Gasteiger partial charge on any atom is -0.384 e. The summed E-state index contributed by atoms with van der Waals surface area (Å²) in [6.07, 6.45) is 3.43. The molecule has 0 N–H and O–H groups in total. The molecule has 1 aromatic heterocycles. The van der Waals surface area contributed by atoms with Gasteiger partial charge in [-0.3, -0.25) is 4.90 Å². The molecular weight excluding hydrogens is 332 g/mol. The first-order chi connectivity index (χ1) is 10.9. The third-order valence-electron chi connectivity index (χ3n) is 5.46. The second-order valence-electron chi connectivity index (χ2n) is 6.98. The lowest BCUT2D eigenvalue weighted by Gasteiger charge is -2.42. The standard InChI is InChI=1S/C16H26N2O3S2/c1-21-11-15-10-18(23(2,19)20)13-16(15)4-6-17(7-5-16)9-14-3-8-22-12-14/h3,8,12,15H,4-7,9-11,13H2,1-2H3/t15-/m0/s1. The van der Waals surface area contributed by atoms with E-state index in [1.165, 1.54) is 11.8 Å². The van der Waals surface area contributed by atoms with Crippen molar-refractivity contribution in [3.8, 4) is 0 Å². The van der Waals surface area contributed by atoms with Crippen molar-refractivity contribution >= 4 is 21.4 Å². The lowest BCUT2D eigenvalue weighted by molar-refractivity contribution is 0.0358. The van der Waals surface area contributed by atoms with E-state index in [-0.39, 0.29) is 5.41 Å². The molecule has 0 bridgehead atoms. The molecule has 0 aliphatic carbocycles. The predicted molar refractivity (Wildman–Crippen MR) is 93.0 cm³/mol. The Bertz CT molecular complexity index is 607. The van der Waals surface area contributed by atoms with Gasteiger partial charge in [-0.2, -0.15) is 11.3 Å². The van der Waals surface area contributed by atoms with Gasteiger partial charge in [-0.1, -0.05) is 0 Å². The molecular formula is C16H26N2O3S2. The molecule has 0 unspecified atom stereocenters. The Labute approximate surface area is 143 Å². The number of sulfonamides is 1. The summed E-state index contributed by atoms with van der Waals surface area (Å²) in [5.74, 6) is 0.311. The Hall–Kier alpha value is -0.470. The van der Waals surface area contributed by atoms with Crippen molar-refractivity contribution < 1.29 is 13.2 Å². The van der Waals surface area contributed by atoms with Crippen molar-refractivity contribution in [3.05, 3.63) is 22.4 Å². The quantitative estimate of drug-likeness (QED) is 0.806. The summed E-state index contributed by atoms with van der Waals surface area (Å²) < 4.78 is 31.0. The molecule has 2 saturated heterocycles. The van der Waals surface area contributed by atoms with Crippen LogP contribution < -0.4 is 0 Å². The molecule has 3 heterocycles. The van der Waals surface area contributed by atoms with Crippen LogP contribution in [0.1, 0.15) is 18.4 Å². The van der Waals surface area contributed by atoms with Gasteiger partial charge in [0, 0.05) is 32.7 Å². The molecule has 23 heavy (non-hydrogen) atoms. The van der Waals surface area contributed by atoms with Gasteiger partial charge in [0.2, 0.25) is 10.0 Å². The average molecular weight is 359 g/mol. The van der Waals surface area contributed by atoms with Gasteiger partial charge in [0.15, 0.2) is 0 Å². The highest BCUT2D eigenvalue weighted by molar-refractivity contribution is 7.88. The van der Waals surface area contributed by atoms with Crippen molar-refractivity contribution in [1.82, 2.24) is 9.21 Å². The summed E-state index contributed by atoms with van der Waals surface area (Å²) in [4.78, 5) is 2.49. The number of hydrogen-bond acceptors (Lipinski definition) is 5. The molecule has 0 amide bonds. The topological polar surface area (TPSA) is 49.9 Å². The highest BCUT2D eigenvalue weighted by Crippen LogP contribution is 2.45. The van der Waals surface area contributed by atoms with Crippen LogP contribution in [-0.2, 0) is 21.3 Å². The maximum Gasteiger partial charge on any atom is 0.211 e. The van der Waals surface area contributed by atoms with E-state index in [0.29, 0.717) is 25.6 Å². The van der Waals surface area contributed by atoms with Crippen molar-refractivity contribution in [2.75, 3.05) is 46.2 Å². The van der Waals surface area contributed by atoms with Crippen molar-refractivity contribution in [3.63, 3.8) is 0 Å². The molecule has 2 fully saturated rings. The van der Waals surface area contributed by atoms with Crippen LogP contribution in [0.25, 0.3) is 0 Å². The van der Waals surface area contributed by atoms with Crippen LogP contribution in [0.3, 0.4) is 0 Å². The number of thiophene rings is 1. The number of rotatable bonds is 5. The fourth-order valence-corrected chi connectivity index (χ4v) is 5.63. The Balaban J connectivity index is 1.66. The zero-order valence-electron chi connectivity index (χ0n) is 13.9. The number of piperidine rings is 1. The molecule has 3 rings (SSSR count). The number of ether oxygens (including phenoxy) is 1. The summed E-state index contributed by atoms with van der Waals surface area (Å²) in [5, 5.41) is 4.33. The van der Waals surface area contributed by atoms with Crippen LogP contribution in [0.5, 0.6) is 0 Å². The van der Waals surface area contributed by atoms with E-state index in [1.807, 2.05) is 0 Å². The number of likely N-dealkylation sites (tertiary alicyclic amines) is 1. The minimum absolute atomic E-state index is 0.0875. The van der Waals surface area contributed by atoms with Gasteiger partial charge >= 0.3 is 0 Å². The fourth-order valence-electron chi connectivity index (χ4n) is 4.03. The first-order valence-corrected chi connectivity index (χ1v) is 10.9. The molecule has 5 nitrogen and oxygen atoms in total. The summed E-state index contributed by atoms with van der Waals surface area (Å²) >= 11 is 1.74. The Morgan fingerprint density at radius 2 is 2.13 bits per heavy atom. The number of nitrogens with zero attached hydrogens (tertiary/aromatic N) is 2. The molecule has 1 aromatic rings. The molecule has 1 atom stereocenters. The fraction of sp³-hybridized carbons (Fsp3) is 0.750. The number of methoxy groups -OCH3 is 1. The van der Waals surface area contributed by atoms with Crippen molar-refractivity contribution in [2.45, 2.75) is 19.4 Å². The molecule has 2 aliphatic rings. The van der Waals surface area contributed by atoms with E-state index in [0.717, 1.165) is 32.5 Å². The van der Waals surface area contributed by atoms with E-state index >= 15 is 0 Å². The molecule has 2 aliphatic heterocycles. The van der Waals surface area contributed by atoms with Crippen LogP contribution in [0, 0.1) is 11.3 Å². The molecule has 130 valence electrons. The highest BCUT2D eigenvalue weighted by Gasteiger charge is 2.49. The summed E-state index contributed by atoms with van der Waals surface area (Å²) in [6, 6.07) is 2.18. The SMILES string of the molecule is COC[C@@H]1CN(S(C)(=O)=O)CC12CCN(Cc1ccsc1)CC2. The normalized spacial score (nSPS) is 26.1. The van der Waals surface area contributed by atoms with Gasteiger partial charge in [-0.05, 0) is 53.7 Å². The van der Waals surface area contributed by atoms with Gasteiger partial charge < -0.3 is 4.74 Å². The second-order valence-corrected chi connectivity index (χ2v) is 9.74. The van der Waals surface area contributed by atoms with Crippen molar-refractivity contribution in [1.29, 1.82) is 0 Å². The first kappa shape index (κ1) is 17.4. The molecule has 0 saturated carbocycles. The number of hydrogen-bond donors (Lipinski definition) is 0. The predicted octanol–water partition coefficient (Wildman–Crippen LogP) is 1.87.